The van der Waals surface area contributed by atoms with Gasteiger partial charge in [0.15, 0.2) is 0 Å². The minimum Gasteiger partial charge on any atom is -0.481 e. The standard InChI is InChI=1S/C12H19NO5/c1-11(2,3)18-10(16)13-5-6-17-12(4)7(8(12)13)9(14)15/h7-8H,5-6H2,1-4H3,(H,14,15). The molecule has 2 aliphatic rings. The lowest BCUT2D eigenvalue weighted by Crippen LogP contribution is -2.46. The van der Waals surface area contributed by atoms with Gasteiger partial charge in [-0.2, -0.15) is 0 Å². The molecular formula is C12H19NO5. The van der Waals surface area contributed by atoms with Crippen molar-refractivity contribution in [2.24, 2.45) is 5.92 Å². The number of carboxylic acid groups (broad SMARTS) is 1. The summed E-state index contributed by atoms with van der Waals surface area (Å²) >= 11 is 0. The van der Waals surface area contributed by atoms with Gasteiger partial charge in [-0.3, -0.25) is 9.69 Å². The molecule has 3 unspecified atom stereocenters. The summed E-state index contributed by atoms with van der Waals surface area (Å²) in [7, 11) is 0. The summed E-state index contributed by atoms with van der Waals surface area (Å²) in [6.07, 6.45) is -0.467. The van der Waals surface area contributed by atoms with Crippen LogP contribution >= 0.6 is 0 Å². The summed E-state index contributed by atoms with van der Waals surface area (Å²) in [5.41, 5.74) is -1.35. The van der Waals surface area contributed by atoms with Crippen LogP contribution in [0.5, 0.6) is 0 Å². The summed E-state index contributed by atoms with van der Waals surface area (Å²) < 4.78 is 10.8. The van der Waals surface area contributed by atoms with E-state index in [-0.39, 0.29) is 0 Å². The van der Waals surface area contributed by atoms with Crippen LogP contribution in [0.2, 0.25) is 0 Å². The highest BCUT2D eigenvalue weighted by Crippen LogP contribution is 2.52. The third-order valence-corrected chi connectivity index (χ3v) is 3.39. The number of hydrogen-bond donors (Lipinski definition) is 1. The zero-order valence-corrected chi connectivity index (χ0v) is 11.1. The Morgan fingerprint density at radius 2 is 2.06 bits per heavy atom. The summed E-state index contributed by atoms with van der Waals surface area (Å²) in [4.78, 5) is 24.6. The van der Waals surface area contributed by atoms with E-state index in [1.807, 2.05) is 0 Å². The molecule has 102 valence electrons. The van der Waals surface area contributed by atoms with Crippen molar-refractivity contribution in [3.8, 4) is 0 Å². The van der Waals surface area contributed by atoms with E-state index < -0.39 is 35.2 Å². The second-order valence-corrected chi connectivity index (χ2v) is 5.97. The lowest BCUT2D eigenvalue weighted by Gasteiger charge is -2.32. The molecule has 0 aromatic carbocycles. The van der Waals surface area contributed by atoms with Crippen LogP contribution < -0.4 is 0 Å². The highest BCUT2D eigenvalue weighted by atomic mass is 16.6. The van der Waals surface area contributed by atoms with Gasteiger partial charge >= 0.3 is 12.1 Å². The van der Waals surface area contributed by atoms with E-state index in [1.165, 1.54) is 4.90 Å². The number of fused-ring (bicyclic) bond motifs is 1. The van der Waals surface area contributed by atoms with Crippen LogP contribution in [-0.2, 0) is 14.3 Å². The first kappa shape index (κ1) is 13.1. The maximum absolute atomic E-state index is 12.0. The SMILES string of the molecule is CC(C)(C)OC(=O)N1CCOC2(C)C(C(=O)O)C12. The van der Waals surface area contributed by atoms with Crippen molar-refractivity contribution in [1.29, 1.82) is 0 Å². The molecule has 1 aliphatic heterocycles. The molecular weight excluding hydrogens is 238 g/mol. The number of carboxylic acids is 1. The van der Waals surface area contributed by atoms with Crippen molar-refractivity contribution in [3.05, 3.63) is 0 Å². The van der Waals surface area contributed by atoms with Crippen LogP contribution in [0.3, 0.4) is 0 Å². The third kappa shape index (κ3) is 2.05. The van der Waals surface area contributed by atoms with E-state index in [4.69, 9.17) is 14.6 Å². The number of hydrogen-bond acceptors (Lipinski definition) is 4. The fourth-order valence-electron chi connectivity index (χ4n) is 2.54. The van der Waals surface area contributed by atoms with Crippen molar-refractivity contribution < 1.29 is 24.2 Å². The monoisotopic (exact) mass is 257 g/mol. The largest absolute Gasteiger partial charge is 0.481 e. The predicted molar refractivity (Wildman–Crippen MR) is 62.2 cm³/mol. The van der Waals surface area contributed by atoms with Gasteiger partial charge in [0.05, 0.1) is 12.6 Å². The van der Waals surface area contributed by atoms with Gasteiger partial charge in [0.25, 0.3) is 0 Å². The van der Waals surface area contributed by atoms with Crippen LogP contribution in [0, 0.1) is 5.92 Å². The fraction of sp³-hybridized carbons (Fsp3) is 0.833. The van der Waals surface area contributed by atoms with Crippen molar-refractivity contribution in [2.75, 3.05) is 13.2 Å². The van der Waals surface area contributed by atoms with Gasteiger partial charge in [-0.05, 0) is 27.7 Å². The van der Waals surface area contributed by atoms with Crippen molar-refractivity contribution in [3.63, 3.8) is 0 Å². The molecule has 0 aromatic heterocycles. The molecule has 1 saturated heterocycles. The van der Waals surface area contributed by atoms with E-state index in [9.17, 15) is 9.59 Å². The third-order valence-electron chi connectivity index (χ3n) is 3.39. The number of carbonyl (C=O) groups excluding carboxylic acids is 1. The first-order valence-corrected chi connectivity index (χ1v) is 6.03. The Hall–Kier alpha value is -1.30. The molecule has 0 aromatic rings. The molecule has 1 aliphatic carbocycles. The number of ether oxygens (including phenoxy) is 2. The van der Waals surface area contributed by atoms with Gasteiger partial charge in [0.2, 0.25) is 0 Å². The van der Waals surface area contributed by atoms with E-state index in [0.29, 0.717) is 13.2 Å². The Balaban J connectivity index is 2.11. The Kier molecular flexibility index (Phi) is 2.81. The summed E-state index contributed by atoms with van der Waals surface area (Å²) in [6.45, 7) is 7.80. The number of rotatable bonds is 1. The molecule has 0 spiro atoms. The molecule has 3 atom stereocenters. The van der Waals surface area contributed by atoms with Crippen LogP contribution in [-0.4, -0.2) is 52.5 Å². The average molecular weight is 257 g/mol. The van der Waals surface area contributed by atoms with Gasteiger partial charge in [0, 0.05) is 6.54 Å². The van der Waals surface area contributed by atoms with Crippen LogP contribution in [0.15, 0.2) is 0 Å². The molecule has 0 radical (unpaired) electrons. The zero-order chi connectivity index (χ0) is 13.7. The number of morpholine rings is 1. The predicted octanol–water partition coefficient (Wildman–Crippen LogP) is 1.10. The summed E-state index contributed by atoms with van der Waals surface area (Å²) in [6, 6.07) is -0.418. The highest BCUT2D eigenvalue weighted by molar-refractivity contribution is 5.81. The lowest BCUT2D eigenvalue weighted by molar-refractivity contribution is -0.140. The molecule has 18 heavy (non-hydrogen) atoms. The number of nitrogens with zero attached hydrogens (tertiary/aromatic N) is 1. The van der Waals surface area contributed by atoms with Crippen LogP contribution in [0.1, 0.15) is 27.7 Å². The van der Waals surface area contributed by atoms with Gasteiger partial charge in [0.1, 0.15) is 17.1 Å². The minimum absolute atomic E-state index is 0.343. The second kappa shape index (κ2) is 3.85. The van der Waals surface area contributed by atoms with E-state index in [1.54, 1.807) is 27.7 Å². The molecule has 1 saturated carbocycles. The second-order valence-electron chi connectivity index (χ2n) is 5.97. The number of carbonyl (C=O) groups is 2. The van der Waals surface area contributed by atoms with Gasteiger partial charge in [-0.25, -0.2) is 4.79 Å². The van der Waals surface area contributed by atoms with Gasteiger partial charge in [-0.15, -0.1) is 0 Å². The molecule has 6 nitrogen and oxygen atoms in total. The maximum Gasteiger partial charge on any atom is 0.410 e. The first-order valence-electron chi connectivity index (χ1n) is 6.03. The van der Waals surface area contributed by atoms with Crippen molar-refractivity contribution >= 4 is 12.1 Å². The van der Waals surface area contributed by atoms with Gasteiger partial charge < -0.3 is 14.6 Å². The Bertz CT molecular complexity index is 388. The molecule has 1 amide bonds. The normalized spacial score (nSPS) is 34.8. The van der Waals surface area contributed by atoms with Crippen LogP contribution in [0.25, 0.3) is 0 Å². The maximum atomic E-state index is 12.0. The molecule has 0 bridgehead atoms. The Morgan fingerprint density at radius 1 is 1.44 bits per heavy atom. The molecule has 6 heteroatoms. The summed E-state index contributed by atoms with van der Waals surface area (Å²) in [5.74, 6) is -1.59. The topological polar surface area (TPSA) is 76.1 Å². The van der Waals surface area contributed by atoms with Crippen LogP contribution in [0.4, 0.5) is 4.79 Å². The average Bonchev–Trinajstić information content (AvgIpc) is 2.80. The zero-order valence-electron chi connectivity index (χ0n) is 11.1. The Morgan fingerprint density at radius 3 is 2.56 bits per heavy atom. The molecule has 2 rings (SSSR count). The fourth-order valence-corrected chi connectivity index (χ4v) is 2.54. The Labute approximate surface area is 106 Å². The smallest absolute Gasteiger partial charge is 0.410 e. The van der Waals surface area contributed by atoms with E-state index in [2.05, 4.69) is 0 Å². The van der Waals surface area contributed by atoms with Gasteiger partial charge in [-0.1, -0.05) is 0 Å². The number of amides is 1. The minimum atomic E-state index is -0.932. The molecule has 2 fully saturated rings. The number of aliphatic carboxylic acids is 1. The lowest BCUT2D eigenvalue weighted by atomic mass is 10.2. The van der Waals surface area contributed by atoms with Crippen molar-refractivity contribution in [2.45, 2.75) is 44.9 Å². The van der Waals surface area contributed by atoms with Crippen molar-refractivity contribution in [1.82, 2.24) is 4.90 Å². The highest BCUT2D eigenvalue weighted by Gasteiger charge is 2.72. The van der Waals surface area contributed by atoms with E-state index in [0.717, 1.165) is 0 Å². The first-order chi connectivity index (χ1) is 8.17. The molecule has 1 N–H and O–H groups in total. The van der Waals surface area contributed by atoms with E-state index >= 15 is 0 Å². The quantitative estimate of drug-likeness (QED) is 0.761. The summed E-state index contributed by atoms with van der Waals surface area (Å²) in [5, 5.41) is 9.12. The molecule has 1 heterocycles.